The number of ether oxygens (including phenoxy) is 4. The Bertz CT molecular complexity index is 2260. The van der Waals surface area contributed by atoms with Gasteiger partial charge in [-0.15, -0.1) is 0 Å². The van der Waals surface area contributed by atoms with E-state index in [4.69, 9.17) is 18.9 Å². The van der Waals surface area contributed by atoms with Crippen LogP contribution in [-0.4, -0.2) is 25.1 Å². The quantitative estimate of drug-likeness (QED) is 0.0842. The Morgan fingerprint density at radius 2 is 1.02 bits per heavy atom. The van der Waals surface area contributed by atoms with Crippen molar-refractivity contribution >= 4 is 23.7 Å². The maximum atomic E-state index is 14.3. The van der Waals surface area contributed by atoms with Crippen LogP contribution in [0.4, 0.5) is 10.5 Å². The number of rotatable bonds is 9. The van der Waals surface area contributed by atoms with Gasteiger partial charge in [0.1, 0.15) is 28.5 Å². The van der Waals surface area contributed by atoms with Crippen molar-refractivity contribution in [2.75, 3.05) is 12.0 Å². The van der Waals surface area contributed by atoms with E-state index in [1.807, 2.05) is 120 Å². The van der Waals surface area contributed by atoms with Gasteiger partial charge >= 0.3 is 12.1 Å². The van der Waals surface area contributed by atoms with Gasteiger partial charge in [0, 0.05) is 23.6 Å². The number of esters is 1. The Kier molecular flexibility index (Phi) is 9.28. The van der Waals surface area contributed by atoms with Crippen LogP contribution < -0.4 is 23.8 Å². The molecular weight excluding hydrogens is 666 g/mol. The molecule has 0 spiro atoms. The van der Waals surface area contributed by atoms with Gasteiger partial charge < -0.3 is 18.9 Å². The Morgan fingerprint density at radius 1 is 0.566 bits per heavy atom. The molecule has 0 fully saturated rings. The van der Waals surface area contributed by atoms with Crippen molar-refractivity contribution in [1.82, 2.24) is 0 Å². The zero-order valence-electron chi connectivity index (χ0n) is 29.7. The highest BCUT2D eigenvalue weighted by Gasteiger charge is 2.52. The second-order valence-electron chi connectivity index (χ2n) is 13.2. The first kappa shape index (κ1) is 34.8. The molecule has 1 atom stereocenters. The summed E-state index contributed by atoms with van der Waals surface area (Å²) < 4.78 is 21.8. The molecule has 1 amide bonds. The number of nitrogens with zero attached hydrogens (tertiary/aromatic N) is 1. The Morgan fingerprint density at radius 3 is 1.53 bits per heavy atom. The Balaban J connectivity index is 1.14. The maximum Gasteiger partial charge on any atom is 0.519 e. The second-order valence-corrected chi connectivity index (χ2v) is 13.2. The lowest BCUT2D eigenvalue weighted by Crippen LogP contribution is -2.46. The monoisotopic (exact) mass is 703 g/mol. The van der Waals surface area contributed by atoms with Crippen molar-refractivity contribution in [3.05, 3.63) is 185 Å². The van der Waals surface area contributed by atoms with Crippen LogP contribution in [0.15, 0.2) is 152 Å². The minimum atomic E-state index is -1.04. The van der Waals surface area contributed by atoms with E-state index in [2.05, 4.69) is 13.8 Å². The molecule has 264 valence electrons. The predicted octanol–water partition coefficient (Wildman–Crippen LogP) is 9.48. The maximum absolute atomic E-state index is 14.3. The number of carbonyl (C=O) groups excluding carboxylic acids is 3. The van der Waals surface area contributed by atoms with Crippen LogP contribution >= 0.6 is 0 Å². The summed E-state index contributed by atoms with van der Waals surface area (Å²) >= 11 is 0. The third-order valence-electron chi connectivity index (χ3n) is 9.70. The molecule has 0 radical (unpaired) electrons. The molecular formula is C45H37NO7. The average molecular weight is 704 g/mol. The molecule has 53 heavy (non-hydrogen) atoms. The van der Waals surface area contributed by atoms with Crippen LogP contribution in [0.2, 0.25) is 0 Å². The van der Waals surface area contributed by atoms with Gasteiger partial charge in [-0.05, 0) is 94.5 Å². The second kappa shape index (κ2) is 14.2. The minimum Gasteiger partial charge on any atom is -0.497 e. The summed E-state index contributed by atoms with van der Waals surface area (Å²) in [5.41, 5.74) is 4.43. The van der Waals surface area contributed by atoms with Gasteiger partial charge in [-0.25, -0.2) is 4.79 Å². The molecule has 8 nitrogen and oxygen atoms in total. The molecule has 8 heteroatoms. The minimum absolute atomic E-state index is 0.127. The topological polar surface area (TPSA) is 91.4 Å². The summed E-state index contributed by atoms with van der Waals surface area (Å²) in [6, 6.07) is 46.7. The summed E-state index contributed by atoms with van der Waals surface area (Å²) in [4.78, 5) is 40.4. The average Bonchev–Trinajstić information content (AvgIpc) is 3.44. The first-order valence-corrected chi connectivity index (χ1v) is 17.1. The molecule has 1 aliphatic rings. The number of amides is 1. The SMILES string of the molecule is COc1ccc(C2(c3ccc(OC(=O)Oc4ccc(C(C)(C)c5ccc(OC(C)=O)cc5)cc4)cc3)c3ccccc3C(=O)N2c2ccccc2)cc1. The molecule has 1 unspecified atom stereocenters. The zero-order valence-corrected chi connectivity index (χ0v) is 29.7. The van der Waals surface area contributed by atoms with Crippen molar-refractivity contribution in [3.8, 4) is 23.0 Å². The number of para-hydroxylation sites is 1. The van der Waals surface area contributed by atoms with E-state index in [0.29, 0.717) is 22.8 Å². The van der Waals surface area contributed by atoms with E-state index in [-0.39, 0.29) is 23.0 Å². The number of hydrogen-bond acceptors (Lipinski definition) is 7. The van der Waals surface area contributed by atoms with Crippen LogP contribution in [0.25, 0.3) is 0 Å². The van der Waals surface area contributed by atoms with Crippen molar-refractivity contribution in [2.24, 2.45) is 0 Å². The number of fused-ring (bicyclic) bond motifs is 1. The predicted molar refractivity (Wildman–Crippen MR) is 202 cm³/mol. The van der Waals surface area contributed by atoms with E-state index in [9.17, 15) is 14.4 Å². The number of anilines is 1. The van der Waals surface area contributed by atoms with Crippen LogP contribution in [0.1, 0.15) is 58.9 Å². The number of hydrogen-bond donors (Lipinski definition) is 0. The first-order valence-electron chi connectivity index (χ1n) is 17.1. The van der Waals surface area contributed by atoms with E-state index in [1.165, 1.54) is 6.92 Å². The van der Waals surface area contributed by atoms with E-state index in [1.54, 1.807) is 43.5 Å². The smallest absolute Gasteiger partial charge is 0.497 e. The van der Waals surface area contributed by atoms with E-state index < -0.39 is 11.7 Å². The summed E-state index contributed by atoms with van der Waals surface area (Å²) in [7, 11) is 1.62. The van der Waals surface area contributed by atoms with Gasteiger partial charge in [0.2, 0.25) is 0 Å². The normalized spacial score (nSPS) is 15.0. The molecule has 0 N–H and O–H groups in total. The van der Waals surface area contributed by atoms with Crippen molar-refractivity contribution in [2.45, 2.75) is 31.7 Å². The molecule has 0 saturated carbocycles. The molecule has 7 rings (SSSR count). The number of carbonyl (C=O) groups is 3. The Hall–Kier alpha value is -6.67. The molecule has 1 heterocycles. The Labute approximate surface area is 308 Å². The lowest BCUT2D eigenvalue weighted by atomic mass is 9.76. The fourth-order valence-electron chi connectivity index (χ4n) is 7.02. The standard InChI is InChI=1S/C45H37NO7/c1-30(47)51-37-24-14-31(15-25-37)44(2,3)32-16-26-38(27-17-32)52-43(49)53-39-28-20-34(21-29-39)45(33-18-22-36(50-4)23-19-33)41-13-9-8-12-40(41)42(48)46(45)35-10-6-5-7-11-35/h5-29H,1-4H3. The number of methoxy groups -OCH3 is 1. The largest absolute Gasteiger partial charge is 0.519 e. The van der Waals surface area contributed by atoms with Gasteiger partial charge in [0.25, 0.3) is 5.91 Å². The third kappa shape index (κ3) is 6.51. The highest BCUT2D eigenvalue weighted by atomic mass is 16.7. The molecule has 0 bridgehead atoms. The fourth-order valence-corrected chi connectivity index (χ4v) is 7.02. The lowest BCUT2D eigenvalue weighted by Gasteiger charge is -2.40. The zero-order chi connectivity index (χ0) is 37.2. The van der Waals surface area contributed by atoms with Gasteiger partial charge in [-0.2, -0.15) is 0 Å². The molecule has 0 aliphatic carbocycles. The van der Waals surface area contributed by atoms with Crippen LogP contribution in [0.5, 0.6) is 23.0 Å². The van der Waals surface area contributed by atoms with Gasteiger partial charge in [-0.3, -0.25) is 14.5 Å². The van der Waals surface area contributed by atoms with Gasteiger partial charge in [0.15, 0.2) is 0 Å². The molecule has 0 aromatic heterocycles. The van der Waals surface area contributed by atoms with Gasteiger partial charge in [-0.1, -0.05) is 98.8 Å². The van der Waals surface area contributed by atoms with Crippen molar-refractivity contribution in [1.29, 1.82) is 0 Å². The van der Waals surface area contributed by atoms with Crippen molar-refractivity contribution < 1.29 is 33.3 Å². The third-order valence-corrected chi connectivity index (χ3v) is 9.70. The summed E-state index contributed by atoms with van der Waals surface area (Å²) in [6.07, 6.45) is -0.886. The van der Waals surface area contributed by atoms with Crippen molar-refractivity contribution in [3.63, 3.8) is 0 Å². The molecule has 6 aromatic carbocycles. The summed E-state index contributed by atoms with van der Waals surface area (Å²) in [5, 5.41) is 0. The highest BCUT2D eigenvalue weighted by Crippen LogP contribution is 2.51. The molecule has 0 saturated heterocycles. The number of benzene rings is 6. The first-order chi connectivity index (χ1) is 25.6. The molecule has 1 aliphatic heterocycles. The fraction of sp³-hybridized carbons (Fsp3) is 0.133. The lowest BCUT2D eigenvalue weighted by molar-refractivity contribution is -0.131. The highest BCUT2D eigenvalue weighted by molar-refractivity contribution is 6.13. The molecule has 6 aromatic rings. The van der Waals surface area contributed by atoms with Crippen LogP contribution in [0.3, 0.4) is 0 Å². The van der Waals surface area contributed by atoms with Crippen LogP contribution in [-0.2, 0) is 15.7 Å². The van der Waals surface area contributed by atoms with Crippen LogP contribution in [0, 0.1) is 0 Å². The summed E-state index contributed by atoms with van der Waals surface area (Å²) in [6.45, 7) is 5.53. The summed E-state index contributed by atoms with van der Waals surface area (Å²) in [5.74, 6) is 1.29. The van der Waals surface area contributed by atoms with Gasteiger partial charge in [0.05, 0.1) is 7.11 Å². The van der Waals surface area contributed by atoms with E-state index >= 15 is 0 Å². The van der Waals surface area contributed by atoms with E-state index in [0.717, 1.165) is 33.5 Å².